The molecule has 3 heterocycles. The molecule has 4 rings (SSSR count). The number of nitrogens with one attached hydrogen (secondary N) is 1. The molecule has 0 aliphatic carbocycles. The number of aromatic nitrogens is 2. The van der Waals surface area contributed by atoms with E-state index in [1.165, 1.54) is 0 Å². The van der Waals surface area contributed by atoms with Crippen molar-refractivity contribution in [3.8, 4) is 10.6 Å². The minimum Gasteiger partial charge on any atom is -0.356 e. The van der Waals surface area contributed by atoms with E-state index < -0.39 is 0 Å². The van der Waals surface area contributed by atoms with E-state index in [0.717, 1.165) is 25.8 Å². The molecule has 1 N–H and O–H groups in total. The van der Waals surface area contributed by atoms with Crippen LogP contribution in [0.5, 0.6) is 0 Å². The molecular formula is C18H15N3O2S2. The number of nitrogens with zero attached hydrogens (tertiary/aromatic N) is 2. The van der Waals surface area contributed by atoms with Crippen LogP contribution in [0.4, 0.5) is 0 Å². The van der Waals surface area contributed by atoms with Gasteiger partial charge < -0.3 is 9.84 Å². The smallest absolute Gasteiger partial charge is 0.226 e. The van der Waals surface area contributed by atoms with Crippen LogP contribution in [0.15, 0.2) is 46.3 Å². The minimum absolute atomic E-state index is 0.0708. The molecule has 0 saturated heterocycles. The minimum atomic E-state index is -0.0708. The molecule has 0 unspecified atom stereocenters. The second kappa shape index (κ2) is 6.78. The van der Waals surface area contributed by atoms with E-state index in [-0.39, 0.29) is 12.3 Å². The molecule has 25 heavy (non-hydrogen) atoms. The van der Waals surface area contributed by atoms with E-state index in [2.05, 4.69) is 20.8 Å². The highest BCUT2D eigenvalue weighted by Gasteiger charge is 2.12. The average Bonchev–Trinajstić information content (AvgIpc) is 3.33. The summed E-state index contributed by atoms with van der Waals surface area (Å²) in [7, 11) is 0. The Morgan fingerprint density at radius 2 is 2.12 bits per heavy atom. The molecule has 0 aliphatic heterocycles. The van der Waals surface area contributed by atoms with E-state index in [9.17, 15) is 4.79 Å². The Hall–Kier alpha value is -2.51. The molecule has 0 spiro atoms. The Labute approximate surface area is 152 Å². The van der Waals surface area contributed by atoms with Crippen molar-refractivity contribution in [1.29, 1.82) is 0 Å². The van der Waals surface area contributed by atoms with E-state index in [0.29, 0.717) is 17.8 Å². The maximum atomic E-state index is 12.2. The summed E-state index contributed by atoms with van der Waals surface area (Å²) in [6.45, 7) is 2.50. The summed E-state index contributed by atoms with van der Waals surface area (Å²) in [5, 5.41) is 10.9. The van der Waals surface area contributed by atoms with Crippen molar-refractivity contribution in [2.75, 3.05) is 0 Å². The lowest BCUT2D eigenvalue weighted by Gasteiger charge is -2.01. The number of thiophene rings is 1. The van der Waals surface area contributed by atoms with Crippen molar-refractivity contribution in [2.24, 2.45) is 0 Å². The fourth-order valence-electron chi connectivity index (χ4n) is 2.55. The third-order valence-electron chi connectivity index (χ3n) is 3.77. The molecule has 4 aromatic rings. The standard InChI is InChI=1S/C18H15N3O2S2/c1-11-20-15(10-24-11)17-7-6-12(25-17)9-19-18(22)8-14-13-4-2-3-5-16(13)23-21-14/h2-7,10H,8-9H2,1H3,(H,19,22). The molecular weight excluding hydrogens is 354 g/mol. The second-order valence-electron chi connectivity index (χ2n) is 5.60. The molecule has 126 valence electrons. The third-order valence-corrected chi connectivity index (χ3v) is 5.65. The number of para-hydroxylation sites is 1. The van der Waals surface area contributed by atoms with Gasteiger partial charge in [-0.05, 0) is 31.2 Å². The number of thiazole rings is 1. The van der Waals surface area contributed by atoms with Crippen LogP contribution in [0, 0.1) is 6.92 Å². The zero-order valence-corrected chi connectivity index (χ0v) is 15.1. The number of hydrogen-bond acceptors (Lipinski definition) is 6. The largest absolute Gasteiger partial charge is 0.356 e. The van der Waals surface area contributed by atoms with Gasteiger partial charge in [0, 0.05) is 15.6 Å². The number of benzene rings is 1. The summed E-state index contributed by atoms with van der Waals surface area (Å²) in [4.78, 5) is 18.9. The van der Waals surface area contributed by atoms with Gasteiger partial charge in [-0.15, -0.1) is 22.7 Å². The van der Waals surface area contributed by atoms with Gasteiger partial charge in [0.2, 0.25) is 5.91 Å². The summed E-state index contributed by atoms with van der Waals surface area (Å²) in [6.07, 6.45) is 0.209. The summed E-state index contributed by atoms with van der Waals surface area (Å²) in [5.74, 6) is -0.0708. The Morgan fingerprint density at radius 3 is 2.96 bits per heavy atom. The van der Waals surface area contributed by atoms with Crippen molar-refractivity contribution in [3.05, 3.63) is 57.4 Å². The molecule has 0 atom stereocenters. The Bertz CT molecular complexity index is 1030. The van der Waals surface area contributed by atoms with Gasteiger partial charge in [-0.2, -0.15) is 0 Å². The maximum absolute atomic E-state index is 12.2. The lowest BCUT2D eigenvalue weighted by Crippen LogP contribution is -2.24. The first-order valence-corrected chi connectivity index (χ1v) is 9.50. The van der Waals surface area contributed by atoms with Crippen LogP contribution in [0.1, 0.15) is 15.6 Å². The highest BCUT2D eigenvalue weighted by atomic mass is 32.1. The molecule has 7 heteroatoms. The van der Waals surface area contributed by atoms with Gasteiger partial charge in [0.25, 0.3) is 0 Å². The van der Waals surface area contributed by atoms with Gasteiger partial charge in [0.05, 0.1) is 28.5 Å². The number of aryl methyl sites for hydroxylation is 1. The SMILES string of the molecule is Cc1nc(-c2ccc(CNC(=O)Cc3noc4ccccc34)s2)cs1. The van der Waals surface area contributed by atoms with Crippen molar-refractivity contribution in [2.45, 2.75) is 19.9 Å². The van der Waals surface area contributed by atoms with Crippen LogP contribution >= 0.6 is 22.7 Å². The Kier molecular flexibility index (Phi) is 4.33. The van der Waals surface area contributed by atoms with Gasteiger partial charge in [-0.3, -0.25) is 4.79 Å². The zero-order chi connectivity index (χ0) is 17.2. The van der Waals surface area contributed by atoms with E-state index in [1.54, 1.807) is 22.7 Å². The fraction of sp³-hybridized carbons (Fsp3) is 0.167. The van der Waals surface area contributed by atoms with Crippen LogP contribution in [-0.2, 0) is 17.8 Å². The zero-order valence-electron chi connectivity index (χ0n) is 13.5. The van der Waals surface area contributed by atoms with E-state index in [4.69, 9.17) is 4.52 Å². The molecule has 3 aromatic heterocycles. The summed E-state index contributed by atoms with van der Waals surface area (Å²) < 4.78 is 5.23. The van der Waals surface area contributed by atoms with Crippen LogP contribution < -0.4 is 5.32 Å². The molecule has 0 bridgehead atoms. The average molecular weight is 369 g/mol. The van der Waals surface area contributed by atoms with E-state index in [1.807, 2.05) is 43.3 Å². The highest BCUT2D eigenvalue weighted by molar-refractivity contribution is 7.16. The fourth-order valence-corrected chi connectivity index (χ4v) is 4.15. The van der Waals surface area contributed by atoms with Crippen LogP contribution in [0.2, 0.25) is 0 Å². The van der Waals surface area contributed by atoms with Gasteiger partial charge in [-0.25, -0.2) is 4.98 Å². The van der Waals surface area contributed by atoms with Crippen molar-refractivity contribution >= 4 is 39.5 Å². The first-order chi connectivity index (χ1) is 12.2. The second-order valence-corrected chi connectivity index (χ2v) is 7.83. The molecule has 0 saturated carbocycles. The lowest BCUT2D eigenvalue weighted by molar-refractivity contribution is -0.120. The Morgan fingerprint density at radius 1 is 1.24 bits per heavy atom. The number of hydrogen-bond donors (Lipinski definition) is 1. The number of rotatable bonds is 5. The topological polar surface area (TPSA) is 68.0 Å². The summed E-state index contributed by atoms with van der Waals surface area (Å²) in [5.41, 5.74) is 2.36. The van der Waals surface area contributed by atoms with Crippen LogP contribution in [0.3, 0.4) is 0 Å². The monoisotopic (exact) mass is 369 g/mol. The molecule has 0 fully saturated rings. The normalized spacial score (nSPS) is 11.1. The van der Waals surface area contributed by atoms with Crippen molar-refractivity contribution in [3.63, 3.8) is 0 Å². The van der Waals surface area contributed by atoms with Gasteiger partial charge in [0.1, 0.15) is 5.69 Å². The van der Waals surface area contributed by atoms with Crippen molar-refractivity contribution in [1.82, 2.24) is 15.5 Å². The number of carbonyl (C=O) groups excluding carboxylic acids is 1. The maximum Gasteiger partial charge on any atom is 0.226 e. The molecule has 1 amide bonds. The highest BCUT2D eigenvalue weighted by Crippen LogP contribution is 2.29. The first-order valence-electron chi connectivity index (χ1n) is 7.80. The predicted octanol–water partition coefficient (Wildman–Crippen LogP) is 4.18. The van der Waals surface area contributed by atoms with Crippen LogP contribution in [-0.4, -0.2) is 16.0 Å². The summed E-state index contributed by atoms with van der Waals surface area (Å²) >= 11 is 3.29. The number of fused-ring (bicyclic) bond motifs is 1. The van der Waals surface area contributed by atoms with Gasteiger partial charge >= 0.3 is 0 Å². The lowest BCUT2D eigenvalue weighted by atomic mass is 10.1. The van der Waals surface area contributed by atoms with Crippen LogP contribution in [0.25, 0.3) is 21.5 Å². The van der Waals surface area contributed by atoms with Gasteiger partial charge in [-0.1, -0.05) is 17.3 Å². The van der Waals surface area contributed by atoms with Gasteiger partial charge in [0.15, 0.2) is 5.58 Å². The third kappa shape index (κ3) is 3.47. The number of carbonyl (C=O) groups is 1. The van der Waals surface area contributed by atoms with E-state index >= 15 is 0 Å². The summed E-state index contributed by atoms with van der Waals surface area (Å²) in [6, 6.07) is 11.6. The molecule has 0 radical (unpaired) electrons. The quantitative estimate of drug-likeness (QED) is 0.573. The molecule has 1 aromatic carbocycles. The number of amides is 1. The van der Waals surface area contributed by atoms with Crippen molar-refractivity contribution < 1.29 is 9.32 Å². The molecule has 5 nitrogen and oxygen atoms in total. The molecule has 0 aliphatic rings. The first kappa shape index (κ1) is 16.0. The Balaban J connectivity index is 1.38. The predicted molar refractivity (Wildman–Crippen MR) is 99.7 cm³/mol.